The molecule has 0 spiro atoms. The molecule has 0 saturated carbocycles. The molecule has 1 aromatic heterocycles. The van der Waals surface area contributed by atoms with E-state index in [0.29, 0.717) is 0 Å². The first kappa shape index (κ1) is 16.0. The summed E-state index contributed by atoms with van der Waals surface area (Å²) in [7, 11) is -0.412. The number of hydrogen-bond donors (Lipinski definition) is 3. The second kappa shape index (κ2) is 6.43. The van der Waals surface area contributed by atoms with Gasteiger partial charge in [0.15, 0.2) is 0 Å². The minimum atomic E-state index is -0.412. The Morgan fingerprint density at radius 1 is 1.12 bits per heavy atom. The van der Waals surface area contributed by atoms with Crippen molar-refractivity contribution in [2.24, 2.45) is 0 Å². The summed E-state index contributed by atoms with van der Waals surface area (Å²) in [5.74, 6) is 0. The highest BCUT2D eigenvalue weighted by molar-refractivity contribution is 6.45. The second-order valence-electron chi connectivity index (χ2n) is 6.61. The topological polar surface area (TPSA) is 65.3 Å². The van der Waals surface area contributed by atoms with Crippen molar-refractivity contribution >= 4 is 29.2 Å². The molecule has 0 saturated heterocycles. The molecule has 0 aliphatic carbocycles. The van der Waals surface area contributed by atoms with Gasteiger partial charge in [-0.2, -0.15) is 0 Å². The smallest absolute Gasteiger partial charge is 0.376 e. The van der Waals surface area contributed by atoms with Crippen LogP contribution in [0.25, 0.3) is 27.7 Å². The van der Waals surface area contributed by atoms with Gasteiger partial charge in [-0.3, -0.25) is 0 Å². The first-order chi connectivity index (χ1) is 12.1. The molecular formula is C20H22BN3O. The van der Waals surface area contributed by atoms with Crippen molar-refractivity contribution < 1.29 is 5.02 Å². The van der Waals surface area contributed by atoms with E-state index < -0.39 is 7.05 Å². The van der Waals surface area contributed by atoms with E-state index in [2.05, 4.69) is 40.1 Å². The lowest BCUT2D eigenvalue weighted by Crippen LogP contribution is -2.39. The lowest BCUT2D eigenvalue weighted by Gasteiger charge is -2.27. The Balaban J connectivity index is 1.88. The Morgan fingerprint density at radius 2 is 1.88 bits per heavy atom. The largest absolute Gasteiger partial charge is 0.437 e. The second-order valence-corrected chi connectivity index (χ2v) is 6.61. The number of nitrogens with one attached hydrogen (secondary N) is 1. The van der Waals surface area contributed by atoms with E-state index in [1.54, 1.807) is 0 Å². The van der Waals surface area contributed by atoms with Crippen molar-refractivity contribution in [3.8, 4) is 11.3 Å². The number of hydrogen-bond acceptors (Lipinski definition) is 3. The quantitative estimate of drug-likeness (QED) is 0.507. The molecule has 4 N–H and O–H groups in total. The summed E-state index contributed by atoms with van der Waals surface area (Å²) in [5.41, 5.74) is 12.8. The number of nitrogens with two attached hydrogens (primary N) is 1. The van der Waals surface area contributed by atoms with Crippen molar-refractivity contribution in [1.82, 2.24) is 9.79 Å². The molecule has 0 unspecified atom stereocenters. The zero-order valence-electron chi connectivity index (χ0n) is 14.4. The number of H-pyrrole nitrogens is 1. The van der Waals surface area contributed by atoms with Crippen LogP contribution in [0, 0.1) is 0 Å². The van der Waals surface area contributed by atoms with Crippen molar-refractivity contribution in [1.29, 1.82) is 0 Å². The number of fused-ring (bicyclic) bond motifs is 1. The fourth-order valence-corrected chi connectivity index (χ4v) is 3.65. The lowest BCUT2D eigenvalue weighted by molar-refractivity contribution is 0.392. The average molecular weight is 331 g/mol. The number of benzene rings is 2. The van der Waals surface area contributed by atoms with Crippen LogP contribution in [-0.2, 0) is 0 Å². The van der Waals surface area contributed by atoms with E-state index in [0.717, 1.165) is 42.0 Å². The summed E-state index contributed by atoms with van der Waals surface area (Å²) in [6, 6.07) is 16.4. The molecule has 0 fully saturated rings. The Kier molecular flexibility index (Phi) is 4.11. The van der Waals surface area contributed by atoms with Gasteiger partial charge in [0.25, 0.3) is 0 Å². The fraction of sp³-hybridized carbons (Fsp3) is 0.200. The Morgan fingerprint density at radius 3 is 2.60 bits per heavy atom. The maximum absolute atomic E-state index is 9.81. The number of anilines is 1. The minimum Gasteiger partial charge on any atom is -0.437 e. The predicted octanol–water partition coefficient (Wildman–Crippen LogP) is 3.62. The summed E-state index contributed by atoms with van der Waals surface area (Å²) < 4.78 is 0. The number of para-hydroxylation sites is 2. The van der Waals surface area contributed by atoms with Gasteiger partial charge in [-0.15, -0.1) is 0 Å². The third-order valence-corrected chi connectivity index (χ3v) is 5.03. The van der Waals surface area contributed by atoms with Gasteiger partial charge in [0.1, 0.15) is 0 Å². The Labute approximate surface area is 148 Å². The Hall–Kier alpha value is -2.50. The predicted molar refractivity (Wildman–Crippen MR) is 106 cm³/mol. The van der Waals surface area contributed by atoms with Crippen LogP contribution in [0.3, 0.4) is 0 Å². The standard InChI is InChI=1S/C20H22BN3O/c1-21(25)24-12-10-14(11-13-24)19-16-7-3-5-9-18(16)23-20(19)15-6-2-4-8-17(15)22/h2-10,23,25H,11-13,22H2,1H3. The first-order valence-corrected chi connectivity index (χ1v) is 8.72. The molecule has 25 heavy (non-hydrogen) atoms. The summed E-state index contributed by atoms with van der Waals surface area (Å²) in [6.45, 7) is 3.43. The molecular weight excluding hydrogens is 309 g/mol. The van der Waals surface area contributed by atoms with Gasteiger partial charge in [-0.05, 0) is 37.5 Å². The van der Waals surface area contributed by atoms with E-state index >= 15 is 0 Å². The average Bonchev–Trinajstić information content (AvgIpc) is 3.01. The number of rotatable bonds is 3. The van der Waals surface area contributed by atoms with Gasteiger partial charge in [0, 0.05) is 34.3 Å². The molecule has 0 amide bonds. The summed E-state index contributed by atoms with van der Waals surface area (Å²) in [5, 5.41) is 11.0. The third-order valence-electron chi connectivity index (χ3n) is 5.03. The highest BCUT2D eigenvalue weighted by Crippen LogP contribution is 2.39. The molecule has 5 heteroatoms. The van der Waals surface area contributed by atoms with Crippen LogP contribution in [0.1, 0.15) is 12.0 Å². The molecule has 2 heterocycles. The van der Waals surface area contributed by atoms with Crippen LogP contribution in [0.5, 0.6) is 0 Å². The molecule has 4 nitrogen and oxygen atoms in total. The Bertz CT molecular complexity index is 945. The van der Waals surface area contributed by atoms with Crippen molar-refractivity contribution in [3.05, 3.63) is 60.2 Å². The normalized spacial score (nSPS) is 15.4. The van der Waals surface area contributed by atoms with Crippen LogP contribution in [0.15, 0.2) is 54.6 Å². The minimum absolute atomic E-state index is 0.412. The summed E-state index contributed by atoms with van der Waals surface area (Å²) in [4.78, 5) is 5.63. The molecule has 3 aromatic rings. The third kappa shape index (κ3) is 2.86. The van der Waals surface area contributed by atoms with Gasteiger partial charge in [0.05, 0.1) is 5.69 Å². The monoisotopic (exact) mass is 331 g/mol. The highest BCUT2D eigenvalue weighted by atomic mass is 16.2. The van der Waals surface area contributed by atoms with E-state index in [1.807, 2.05) is 31.1 Å². The van der Waals surface area contributed by atoms with E-state index in [-0.39, 0.29) is 0 Å². The summed E-state index contributed by atoms with van der Waals surface area (Å²) in [6.07, 6.45) is 3.14. The number of nitrogens with zero attached hydrogens (tertiary/aromatic N) is 1. The molecule has 1 aliphatic rings. The highest BCUT2D eigenvalue weighted by Gasteiger charge is 2.23. The van der Waals surface area contributed by atoms with Gasteiger partial charge in [-0.1, -0.05) is 42.5 Å². The molecule has 0 atom stereocenters. The number of aromatic amines is 1. The first-order valence-electron chi connectivity index (χ1n) is 8.72. The molecule has 1 aliphatic heterocycles. The fourth-order valence-electron chi connectivity index (χ4n) is 3.65. The van der Waals surface area contributed by atoms with E-state index in [1.165, 1.54) is 16.5 Å². The van der Waals surface area contributed by atoms with E-state index in [9.17, 15) is 5.02 Å². The van der Waals surface area contributed by atoms with Gasteiger partial charge < -0.3 is 20.6 Å². The number of nitrogen functional groups attached to an aromatic ring is 1. The molecule has 0 bridgehead atoms. The number of aromatic nitrogens is 1. The SMILES string of the molecule is CB(O)N1CC=C(c2c(-c3ccccc3N)[nH]c3ccccc23)CC1. The molecule has 126 valence electrons. The van der Waals surface area contributed by atoms with Crippen LogP contribution in [0.4, 0.5) is 5.69 Å². The van der Waals surface area contributed by atoms with Gasteiger partial charge in [0.2, 0.25) is 0 Å². The van der Waals surface area contributed by atoms with Gasteiger partial charge in [-0.25, -0.2) is 0 Å². The molecule has 4 rings (SSSR count). The lowest BCUT2D eigenvalue weighted by atomic mass is 9.82. The van der Waals surface area contributed by atoms with E-state index in [4.69, 9.17) is 5.73 Å². The molecule has 2 aromatic carbocycles. The van der Waals surface area contributed by atoms with Gasteiger partial charge >= 0.3 is 7.05 Å². The zero-order valence-corrected chi connectivity index (χ0v) is 14.4. The van der Waals surface area contributed by atoms with Crippen molar-refractivity contribution in [2.75, 3.05) is 18.8 Å². The maximum atomic E-state index is 9.81. The van der Waals surface area contributed by atoms with Crippen molar-refractivity contribution in [3.63, 3.8) is 0 Å². The van der Waals surface area contributed by atoms with Crippen LogP contribution < -0.4 is 5.73 Å². The van der Waals surface area contributed by atoms with Crippen molar-refractivity contribution in [2.45, 2.75) is 13.2 Å². The van der Waals surface area contributed by atoms with Crippen LogP contribution >= 0.6 is 0 Å². The van der Waals surface area contributed by atoms with Crippen LogP contribution in [-0.4, -0.2) is 35.0 Å². The zero-order chi connectivity index (χ0) is 17.4. The van der Waals surface area contributed by atoms with Crippen LogP contribution in [0.2, 0.25) is 6.82 Å². The maximum Gasteiger partial charge on any atom is 0.376 e. The molecule has 0 radical (unpaired) electrons. The summed E-state index contributed by atoms with van der Waals surface area (Å²) >= 11 is 0.